The molecule has 2 unspecified atom stereocenters. The first kappa shape index (κ1) is 14.3. The van der Waals surface area contributed by atoms with Crippen molar-refractivity contribution in [2.45, 2.75) is 70.5 Å². The van der Waals surface area contributed by atoms with Gasteiger partial charge in [0.2, 0.25) is 0 Å². The summed E-state index contributed by atoms with van der Waals surface area (Å²) in [7, 11) is 0. The van der Waals surface area contributed by atoms with Crippen LogP contribution in [-0.4, -0.2) is 35.2 Å². The number of aliphatic hydroxyl groups excluding tert-OH is 1. The number of nitrogens with one attached hydrogen (secondary N) is 1. The predicted molar refractivity (Wildman–Crippen MR) is 70.6 cm³/mol. The molecular weight excluding hydrogens is 246 g/mol. The summed E-state index contributed by atoms with van der Waals surface area (Å²) in [6.45, 7) is 5.47. The van der Waals surface area contributed by atoms with Crippen LogP contribution in [0.4, 0.5) is 4.79 Å². The lowest BCUT2D eigenvalue weighted by atomic mass is 9.92. The van der Waals surface area contributed by atoms with Gasteiger partial charge in [-0.2, -0.15) is 0 Å². The number of hydrogen-bond donors (Lipinski definition) is 2. The Morgan fingerprint density at radius 1 is 1.53 bits per heavy atom. The standard InChI is InChI=1S/C14H23NO4/c1-14(2,3)19-13(17)15-10(11-12(16)18-11)9-7-5-4-6-8-9/h7,10-12,16H,4-6,8H2,1-3H3,(H,15,17)/t10-,11?,12?/m0/s1. The number of hydrogen-bond acceptors (Lipinski definition) is 4. The molecule has 0 aromatic heterocycles. The van der Waals surface area contributed by atoms with E-state index in [0.29, 0.717) is 0 Å². The van der Waals surface area contributed by atoms with E-state index in [9.17, 15) is 9.90 Å². The number of aliphatic hydroxyl groups is 1. The van der Waals surface area contributed by atoms with Crippen molar-refractivity contribution in [3.05, 3.63) is 11.6 Å². The summed E-state index contributed by atoms with van der Waals surface area (Å²) in [6.07, 6.45) is 4.81. The van der Waals surface area contributed by atoms with Crippen LogP contribution in [0.5, 0.6) is 0 Å². The highest BCUT2D eigenvalue weighted by molar-refractivity contribution is 5.69. The van der Waals surface area contributed by atoms with Crippen molar-refractivity contribution in [1.82, 2.24) is 5.32 Å². The molecule has 0 aromatic carbocycles. The zero-order valence-electron chi connectivity index (χ0n) is 11.8. The third-order valence-electron chi connectivity index (χ3n) is 3.23. The van der Waals surface area contributed by atoms with Crippen LogP contribution in [0, 0.1) is 0 Å². The van der Waals surface area contributed by atoms with Gasteiger partial charge in [-0.1, -0.05) is 6.08 Å². The number of epoxide rings is 1. The van der Waals surface area contributed by atoms with Crippen LogP contribution in [0.15, 0.2) is 11.6 Å². The van der Waals surface area contributed by atoms with Gasteiger partial charge in [-0.25, -0.2) is 4.79 Å². The molecule has 19 heavy (non-hydrogen) atoms. The second-order valence-corrected chi connectivity index (χ2v) is 6.14. The van der Waals surface area contributed by atoms with Crippen LogP contribution in [-0.2, 0) is 9.47 Å². The molecule has 2 aliphatic rings. The molecule has 5 nitrogen and oxygen atoms in total. The Morgan fingerprint density at radius 3 is 2.68 bits per heavy atom. The van der Waals surface area contributed by atoms with Gasteiger partial charge in [-0.3, -0.25) is 0 Å². The Bertz CT molecular complexity index is 372. The molecule has 3 atom stereocenters. The summed E-state index contributed by atoms with van der Waals surface area (Å²) in [5, 5.41) is 12.3. The quantitative estimate of drug-likeness (QED) is 0.608. The van der Waals surface area contributed by atoms with Crippen molar-refractivity contribution >= 4 is 6.09 Å². The largest absolute Gasteiger partial charge is 0.444 e. The van der Waals surface area contributed by atoms with Gasteiger partial charge in [0.15, 0.2) is 6.29 Å². The fourth-order valence-corrected chi connectivity index (χ4v) is 2.32. The van der Waals surface area contributed by atoms with Gasteiger partial charge in [0, 0.05) is 0 Å². The van der Waals surface area contributed by atoms with Crippen LogP contribution in [0.2, 0.25) is 0 Å². The Balaban J connectivity index is 1.98. The zero-order valence-corrected chi connectivity index (χ0v) is 11.8. The Hall–Kier alpha value is -1.07. The average molecular weight is 269 g/mol. The van der Waals surface area contributed by atoms with Gasteiger partial charge in [-0.15, -0.1) is 0 Å². The van der Waals surface area contributed by atoms with Crippen molar-refractivity contribution in [1.29, 1.82) is 0 Å². The van der Waals surface area contributed by atoms with Crippen molar-refractivity contribution in [3.63, 3.8) is 0 Å². The number of amides is 1. The van der Waals surface area contributed by atoms with Gasteiger partial charge in [0.25, 0.3) is 0 Å². The van der Waals surface area contributed by atoms with Gasteiger partial charge in [0.05, 0.1) is 6.04 Å². The van der Waals surface area contributed by atoms with E-state index < -0.39 is 18.0 Å². The topological polar surface area (TPSA) is 71.1 Å². The molecular formula is C14H23NO4. The average Bonchev–Trinajstić information content (AvgIpc) is 3.02. The molecule has 5 heteroatoms. The minimum atomic E-state index is -0.775. The second-order valence-electron chi connectivity index (χ2n) is 6.14. The molecule has 1 fully saturated rings. The lowest BCUT2D eigenvalue weighted by Gasteiger charge is -2.25. The molecule has 0 saturated carbocycles. The van der Waals surface area contributed by atoms with E-state index in [2.05, 4.69) is 11.4 Å². The van der Waals surface area contributed by atoms with Crippen molar-refractivity contribution in [2.75, 3.05) is 0 Å². The fraction of sp³-hybridized carbons (Fsp3) is 0.786. The molecule has 108 valence electrons. The molecule has 1 saturated heterocycles. The summed E-state index contributed by atoms with van der Waals surface area (Å²) in [4.78, 5) is 11.9. The van der Waals surface area contributed by atoms with E-state index in [1.165, 1.54) is 6.42 Å². The van der Waals surface area contributed by atoms with Crippen LogP contribution >= 0.6 is 0 Å². The second kappa shape index (κ2) is 5.51. The van der Waals surface area contributed by atoms with Crippen LogP contribution in [0.1, 0.15) is 46.5 Å². The maximum absolute atomic E-state index is 11.9. The first-order valence-electron chi connectivity index (χ1n) is 6.89. The molecule has 1 amide bonds. The molecule has 0 aromatic rings. The zero-order chi connectivity index (χ0) is 14.0. The van der Waals surface area contributed by atoms with E-state index in [1.54, 1.807) is 0 Å². The smallest absolute Gasteiger partial charge is 0.408 e. The minimum Gasteiger partial charge on any atom is -0.444 e. The van der Waals surface area contributed by atoms with Gasteiger partial charge < -0.3 is 19.9 Å². The summed E-state index contributed by atoms with van der Waals surface area (Å²) in [5.74, 6) is 0. The summed E-state index contributed by atoms with van der Waals surface area (Å²) in [6, 6.07) is -0.273. The first-order valence-corrected chi connectivity index (χ1v) is 6.89. The van der Waals surface area contributed by atoms with Gasteiger partial charge >= 0.3 is 6.09 Å². The molecule has 2 N–H and O–H groups in total. The van der Waals surface area contributed by atoms with E-state index in [0.717, 1.165) is 24.8 Å². The maximum atomic E-state index is 11.9. The van der Waals surface area contributed by atoms with Gasteiger partial charge in [0.1, 0.15) is 11.7 Å². The summed E-state index contributed by atoms with van der Waals surface area (Å²) >= 11 is 0. The highest BCUT2D eigenvalue weighted by Gasteiger charge is 2.46. The normalized spacial score (nSPS) is 28.3. The van der Waals surface area contributed by atoms with E-state index >= 15 is 0 Å². The summed E-state index contributed by atoms with van der Waals surface area (Å²) in [5.41, 5.74) is 0.608. The number of allylic oxidation sites excluding steroid dienone is 1. The third kappa shape index (κ3) is 4.21. The monoisotopic (exact) mass is 269 g/mol. The van der Waals surface area contributed by atoms with Crippen LogP contribution in [0.25, 0.3) is 0 Å². The molecule has 0 radical (unpaired) electrons. The van der Waals surface area contributed by atoms with Crippen molar-refractivity contribution in [2.24, 2.45) is 0 Å². The van der Waals surface area contributed by atoms with E-state index in [4.69, 9.17) is 9.47 Å². The molecule has 0 spiro atoms. The number of alkyl carbamates (subject to hydrolysis) is 1. The molecule has 1 aliphatic carbocycles. The number of carbonyl (C=O) groups is 1. The number of carbonyl (C=O) groups excluding carboxylic acids is 1. The van der Waals surface area contributed by atoms with Crippen molar-refractivity contribution in [3.8, 4) is 0 Å². The highest BCUT2D eigenvalue weighted by Crippen LogP contribution is 2.31. The molecule has 2 rings (SSSR count). The van der Waals surface area contributed by atoms with E-state index in [-0.39, 0.29) is 12.1 Å². The van der Waals surface area contributed by atoms with Crippen molar-refractivity contribution < 1.29 is 19.4 Å². The first-order chi connectivity index (χ1) is 8.87. The molecule has 1 heterocycles. The summed E-state index contributed by atoms with van der Waals surface area (Å²) < 4.78 is 10.4. The highest BCUT2D eigenvalue weighted by atomic mass is 16.7. The maximum Gasteiger partial charge on any atom is 0.408 e. The predicted octanol–water partition coefficient (Wildman–Crippen LogP) is 2.10. The number of rotatable bonds is 3. The Morgan fingerprint density at radius 2 is 2.21 bits per heavy atom. The SMILES string of the molecule is CC(C)(C)OC(=O)N[C@@H](C1=CCCCC1)C1OC1O. The third-order valence-corrected chi connectivity index (χ3v) is 3.23. The molecule has 1 aliphatic heterocycles. The van der Waals surface area contributed by atoms with Crippen LogP contribution in [0.3, 0.4) is 0 Å². The molecule has 0 bridgehead atoms. The van der Waals surface area contributed by atoms with Gasteiger partial charge in [-0.05, 0) is 52.0 Å². The Labute approximate surface area is 114 Å². The Kier molecular flexibility index (Phi) is 4.16. The lowest BCUT2D eigenvalue weighted by molar-refractivity contribution is 0.0503. The minimum absolute atomic E-state index is 0.273. The lowest BCUT2D eigenvalue weighted by Crippen LogP contribution is -2.44. The van der Waals surface area contributed by atoms with Crippen LogP contribution < -0.4 is 5.32 Å². The number of ether oxygens (including phenoxy) is 2. The van der Waals surface area contributed by atoms with E-state index in [1.807, 2.05) is 20.8 Å². The fourth-order valence-electron chi connectivity index (χ4n) is 2.32.